The minimum absolute atomic E-state index is 0.670. The molecule has 0 unspecified atom stereocenters. The Morgan fingerprint density at radius 2 is 1.94 bits per heavy atom. The second-order valence-corrected chi connectivity index (χ2v) is 4.75. The molecule has 0 saturated heterocycles. The van der Waals surface area contributed by atoms with Crippen LogP contribution in [0.15, 0.2) is 34.9 Å². The maximum atomic E-state index is 6.06. The number of nitrogen functional groups attached to an aromatic ring is 1. The number of rotatable bonds is 4. The Morgan fingerprint density at radius 3 is 2.59 bits per heavy atom. The molecule has 4 N–H and O–H groups in total. The molecular weight excluding hydrogens is 280 g/mol. The highest BCUT2D eigenvalue weighted by Gasteiger charge is 2.08. The molecule has 0 fully saturated rings. The second-order valence-electron chi connectivity index (χ2n) is 3.84. The normalized spacial score (nSPS) is 10.7. The first-order valence-corrected chi connectivity index (χ1v) is 6.30. The van der Waals surface area contributed by atoms with Crippen LogP contribution in [0.4, 0.5) is 5.82 Å². The summed E-state index contributed by atoms with van der Waals surface area (Å²) in [5, 5.41) is 4.30. The van der Waals surface area contributed by atoms with Gasteiger partial charge in [-0.25, -0.2) is 4.68 Å². The van der Waals surface area contributed by atoms with Gasteiger partial charge in [-0.15, -0.1) is 0 Å². The standard InChI is InChI=1S/C12H15BrN4/c13-10-3-5-11(6-4-10)17-12(15)9(8-16-17)2-1-7-14/h3-6,8H,1-2,7,14-15H2. The van der Waals surface area contributed by atoms with Gasteiger partial charge in [0.25, 0.3) is 0 Å². The van der Waals surface area contributed by atoms with E-state index in [9.17, 15) is 0 Å². The number of nitrogens with zero attached hydrogens (tertiary/aromatic N) is 2. The van der Waals surface area contributed by atoms with Crippen LogP contribution in [0.25, 0.3) is 5.69 Å². The zero-order valence-corrected chi connectivity index (χ0v) is 11.0. The molecular formula is C12H15BrN4. The molecule has 0 amide bonds. The number of aromatic nitrogens is 2. The van der Waals surface area contributed by atoms with E-state index in [0.717, 1.165) is 28.6 Å². The average Bonchev–Trinajstić information content (AvgIpc) is 2.69. The summed E-state index contributed by atoms with van der Waals surface area (Å²) in [6.45, 7) is 0.670. The molecule has 2 rings (SSSR count). The van der Waals surface area contributed by atoms with Crippen LogP contribution in [0.1, 0.15) is 12.0 Å². The Labute approximate surface area is 109 Å². The molecule has 1 heterocycles. The fourth-order valence-electron chi connectivity index (χ4n) is 1.66. The summed E-state index contributed by atoms with van der Waals surface area (Å²) in [5.74, 6) is 0.695. The van der Waals surface area contributed by atoms with Crippen molar-refractivity contribution >= 4 is 21.7 Å². The number of benzene rings is 1. The second kappa shape index (κ2) is 5.33. The van der Waals surface area contributed by atoms with Crippen LogP contribution in [-0.4, -0.2) is 16.3 Å². The van der Waals surface area contributed by atoms with E-state index in [2.05, 4.69) is 21.0 Å². The van der Waals surface area contributed by atoms with Crippen molar-refractivity contribution in [3.05, 3.63) is 40.5 Å². The summed E-state index contributed by atoms with van der Waals surface area (Å²) in [6, 6.07) is 7.88. The van der Waals surface area contributed by atoms with E-state index in [1.807, 2.05) is 30.5 Å². The van der Waals surface area contributed by atoms with Crippen LogP contribution in [0.2, 0.25) is 0 Å². The maximum Gasteiger partial charge on any atom is 0.130 e. The summed E-state index contributed by atoms with van der Waals surface area (Å²) in [6.07, 6.45) is 3.61. The van der Waals surface area contributed by atoms with Gasteiger partial charge in [-0.2, -0.15) is 5.10 Å². The van der Waals surface area contributed by atoms with Crippen LogP contribution in [0.3, 0.4) is 0 Å². The first-order chi connectivity index (χ1) is 8.22. The van der Waals surface area contributed by atoms with Crippen LogP contribution >= 0.6 is 15.9 Å². The van der Waals surface area contributed by atoms with Gasteiger partial charge in [0.05, 0.1) is 11.9 Å². The summed E-state index contributed by atoms with van der Waals surface area (Å²) < 4.78 is 2.79. The Morgan fingerprint density at radius 1 is 1.24 bits per heavy atom. The number of anilines is 1. The monoisotopic (exact) mass is 294 g/mol. The van der Waals surface area contributed by atoms with Crippen LogP contribution in [-0.2, 0) is 6.42 Å². The molecule has 0 aliphatic carbocycles. The van der Waals surface area contributed by atoms with E-state index in [1.165, 1.54) is 0 Å². The lowest BCUT2D eigenvalue weighted by Gasteiger charge is -2.05. The van der Waals surface area contributed by atoms with Crippen molar-refractivity contribution < 1.29 is 0 Å². The zero-order valence-electron chi connectivity index (χ0n) is 9.44. The van der Waals surface area contributed by atoms with Crippen molar-refractivity contribution in [1.29, 1.82) is 0 Å². The fraction of sp³-hybridized carbons (Fsp3) is 0.250. The Balaban J connectivity index is 2.27. The third kappa shape index (κ3) is 2.68. The van der Waals surface area contributed by atoms with E-state index in [1.54, 1.807) is 4.68 Å². The van der Waals surface area contributed by atoms with Crippen molar-refractivity contribution in [3.8, 4) is 5.69 Å². The van der Waals surface area contributed by atoms with Crippen molar-refractivity contribution in [3.63, 3.8) is 0 Å². The predicted octanol–water partition coefficient (Wildman–Crippen LogP) is 2.11. The zero-order chi connectivity index (χ0) is 12.3. The lowest BCUT2D eigenvalue weighted by Crippen LogP contribution is -2.04. The van der Waals surface area contributed by atoms with Gasteiger partial charge in [-0.3, -0.25) is 0 Å². The number of halogens is 1. The minimum atomic E-state index is 0.670. The van der Waals surface area contributed by atoms with Gasteiger partial charge in [0.1, 0.15) is 5.82 Å². The van der Waals surface area contributed by atoms with Gasteiger partial charge in [-0.05, 0) is 43.7 Å². The molecule has 1 aromatic heterocycles. The summed E-state index contributed by atoms with van der Waals surface area (Å²) >= 11 is 3.40. The molecule has 0 aliphatic heterocycles. The van der Waals surface area contributed by atoms with Crippen molar-refractivity contribution in [2.75, 3.05) is 12.3 Å². The molecule has 4 nitrogen and oxygen atoms in total. The van der Waals surface area contributed by atoms with Gasteiger partial charge in [0.2, 0.25) is 0 Å². The van der Waals surface area contributed by atoms with Crippen molar-refractivity contribution in [2.24, 2.45) is 5.73 Å². The van der Waals surface area contributed by atoms with E-state index >= 15 is 0 Å². The van der Waals surface area contributed by atoms with E-state index < -0.39 is 0 Å². The molecule has 0 radical (unpaired) electrons. The third-order valence-electron chi connectivity index (χ3n) is 2.61. The van der Waals surface area contributed by atoms with Crippen molar-refractivity contribution in [1.82, 2.24) is 9.78 Å². The van der Waals surface area contributed by atoms with E-state index in [0.29, 0.717) is 12.4 Å². The SMILES string of the molecule is NCCCc1cnn(-c2ccc(Br)cc2)c1N. The number of aryl methyl sites for hydroxylation is 1. The molecule has 0 saturated carbocycles. The fourth-order valence-corrected chi connectivity index (χ4v) is 1.93. The van der Waals surface area contributed by atoms with Crippen LogP contribution in [0.5, 0.6) is 0 Å². The molecule has 0 atom stereocenters. The van der Waals surface area contributed by atoms with Crippen molar-refractivity contribution in [2.45, 2.75) is 12.8 Å². The molecule has 2 aromatic rings. The molecule has 0 bridgehead atoms. The van der Waals surface area contributed by atoms with Gasteiger partial charge >= 0.3 is 0 Å². The molecule has 0 aliphatic rings. The molecule has 0 spiro atoms. The van der Waals surface area contributed by atoms with Gasteiger partial charge < -0.3 is 11.5 Å². The lowest BCUT2D eigenvalue weighted by atomic mass is 10.2. The predicted molar refractivity (Wildman–Crippen MR) is 73.1 cm³/mol. The van der Waals surface area contributed by atoms with Crippen LogP contribution < -0.4 is 11.5 Å². The maximum absolute atomic E-state index is 6.06. The molecule has 90 valence electrons. The molecule has 17 heavy (non-hydrogen) atoms. The molecule has 5 heteroatoms. The van der Waals surface area contributed by atoms with Gasteiger partial charge in [0, 0.05) is 10.0 Å². The largest absolute Gasteiger partial charge is 0.383 e. The highest BCUT2D eigenvalue weighted by atomic mass is 79.9. The highest BCUT2D eigenvalue weighted by Crippen LogP contribution is 2.19. The highest BCUT2D eigenvalue weighted by molar-refractivity contribution is 9.10. The third-order valence-corrected chi connectivity index (χ3v) is 3.14. The minimum Gasteiger partial charge on any atom is -0.383 e. The Bertz CT molecular complexity index is 490. The van der Waals surface area contributed by atoms with Gasteiger partial charge in [0.15, 0.2) is 0 Å². The summed E-state index contributed by atoms with van der Waals surface area (Å²) in [4.78, 5) is 0. The van der Waals surface area contributed by atoms with E-state index in [4.69, 9.17) is 11.5 Å². The topological polar surface area (TPSA) is 69.9 Å². The summed E-state index contributed by atoms with van der Waals surface area (Å²) in [7, 11) is 0. The molecule has 1 aromatic carbocycles. The van der Waals surface area contributed by atoms with Gasteiger partial charge in [-0.1, -0.05) is 15.9 Å². The average molecular weight is 295 g/mol. The Hall–Kier alpha value is -1.33. The van der Waals surface area contributed by atoms with E-state index in [-0.39, 0.29) is 0 Å². The lowest BCUT2D eigenvalue weighted by molar-refractivity contribution is 0.834. The first kappa shape index (κ1) is 12.1. The Kier molecular flexibility index (Phi) is 3.81. The first-order valence-electron chi connectivity index (χ1n) is 5.50. The number of nitrogens with two attached hydrogens (primary N) is 2. The quantitative estimate of drug-likeness (QED) is 0.907. The number of hydrogen-bond acceptors (Lipinski definition) is 3. The summed E-state index contributed by atoms with van der Waals surface area (Å²) in [5.41, 5.74) is 13.6. The van der Waals surface area contributed by atoms with Crippen LogP contribution in [0, 0.1) is 0 Å². The number of hydrogen-bond donors (Lipinski definition) is 2. The smallest absolute Gasteiger partial charge is 0.130 e.